The minimum atomic E-state index is -0.736. The van der Waals surface area contributed by atoms with Crippen molar-refractivity contribution in [2.24, 2.45) is 5.92 Å². The number of likely N-dealkylation sites (tertiary alicyclic amines) is 1. The number of amides is 1. The van der Waals surface area contributed by atoms with Gasteiger partial charge in [0.25, 0.3) is 0 Å². The van der Waals surface area contributed by atoms with Crippen LogP contribution in [0.2, 0.25) is 0 Å². The summed E-state index contributed by atoms with van der Waals surface area (Å²) in [5, 5.41) is 10.4. The summed E-state index contributed by atoms with van der Waals surface area (Å²) in [6.07, 6.45) is 2.57. The Balaban J connectivity index is 2.60. The van der Waals surface area contributed by atoms with Crippen molar-refractivity contribution >= 4 is 6.09 Å². The highest BCUT2D eigenvalue weighted by Gasteiger charge is 2.40. The molecular formula is C14H25NO3. The van der Waals surface area contributed by atoms with Crippen molar-refractivity contribution in [3.05, 3.63) is 12.7 Å². The van der Waals surface area contributed by atoms with Gasteiger partial charge in [-0.3, -0.25) is 0 Å². The molecule has 1 saturated heterocycles. The van der Waals surface area contributed by atoms with E-state index < -0.39 is 11.2 Å². The first-order valence-electron chi connectivity index (χ1n) is 6.49. The maximum Gasteiger partial charge on any atom is 0.410 e. The standard InChI is InChI=1S/C14H25NO3/c1-6-7-14(17)8-9-15(10-11(14)2)12(16)18-13(3,4)5/h6,11,17H,1,7-10H2,2-5H3/t11-,14+/m0/s1. The third kappa shape index (κ3) is 3.73. The molecule has 0 spiro atoms. The Bertz CT molecular complexity index is 321. The summed E-state index contributed by atoms with van der Waals surface area (Å²) in [7, 11) is 0. The third-order valence-electron chi connectivity index (χ3n) is 3.38. The molecule has 1 heterocycles. The van der Waals surface area contributed by atoms with E-state index in [1.165, 1.54) is 0 Å². The predicted molar refractivity (Wildman–Crippen MR) is 71.4 cm³/mol. The average molecular weight is 255 g/mol. The van der Waals surface area contributed by atoms with Gasteiger partial charge in [0, 0.05) is 19.0 Å². The minimum absolute atomic E-state index is 0.0248. The Kier molecular flexibility index (Phi) is 4.43. The number of piperidine rings is 1. The molecular weight excluding hydrogens is 230 g/mol. The minimum Gasteiger partial charge on any atom is -0.444 e. The smallest absolute Gasteiger partial charge is 0.410 e. The molecule has 0 aromatic carbocycles. The summed E-state index contributed by atoms with van der Waals surface area (Å²) < 4.78 is 5.34. The van der Waals surface area contributed by atoms with Crippen LogP contribution in [0.3, 0.4) is 0 Å². The molecule has 0 saturated carbocycles. The number of hydrogen-bond acceptors (Lipinski definition) is 3. The van der Waals surface area contributed by atoms with E-state index >= 15 is 0 Å². The van der Waals surface area contributed by atoms with Crippen LogP contribution in [0.4, 0.5) is 4.79 Å². The lowest BCUT2D eigenvalue weighted by atomic mass is 9.80. The lowest BCUT2D eigenvalue weighted by molar-refractivity contribution is -0.0660. The molecule has 1 rings (SSSR count). The molecule has 0 bridgehead atoms. The highest BCUT2D eigenvalue weighted by atomic mass is 16.6. The number of carbonyl (C=O) groups is 1. The van der Waals surface area contributed by atoms with Gasteiger partial charge in [-0.2, -0.15) is 0 Å². The normalized spacial score (nSPS) is 28.9. The highest BCUT2D eigenvalue weighted by Crippen LogP contribution is 2.31. The number of nitrogens with zero attached hydrogens (tertiary/aromatic N) is 1. The molecule has 4 nitrogen and oxygen atoms in total. The monoisotopic (exact) mass is 255 g/mol. The topological polar surface area (TPSA) is 49.8 Å². The van der Waals surface area contributed by atoms with E-state index in [1.54, 1.807) is 11.0 Å². The van der Waals surface area contributed by atoms with Crippen molar-refractivity contribution in [1.29, 1.82) is 0 Å². The van der Waals surface area contributed by atoms with Crippen LogP contribution in [0.15, 0.2) is 12.7 Å². The Labute approximate surface area is 110 Å². The summed E-state index contributed by atoms with van der Waals surface area (Å²) in [4.78, 5) is 13.6. The van der Waals surface area contributed by atoms with Crippen LogP contribution >= 0.6 is 0 Å². The van der Waals surface area contributed by atoms with Crippen LogP contribution in [-0.2, 0) is 4.74 Å². The molecule has 18 heavy (non-hydrogen) atoms. The van der Waals surface area contributed by atoms with Crippen molar-refractivity contribution in [2.75, 3.05) is 13.1 Å². The van der Waals surface area contributed by atoms with Crippen LogP contribution in [0.1, 0.15) is 40.5 Å². The van der Waals surface area contributed by atoms with Gasteiger partial charge in [-0.15, -0.1) is 6.58 Å². The Morgan fingerprint density at radius 3 is 2.67 bits per heavy atom. The quantitative estimate of drug-likeness (QED) is 0.771. The van der Waals surface area contributed by atoms with E-state index in [0.29, 0.717) is 25.9 Å². The molecule has 1 aliphatic rings. The predicted octanol–water partition coefficient (Wildman–Crippen LogP) is 2.57. The van der Waals surface area contributed by atoms with Gasteiger partial charge in [-0.05, 0) is 33.6 Å². The van der Waals surface area contributed by atoms with Gasteiger partial charge in [-0.25, -0.2) is 4.79 Å². The summed E-state index contributed by atoms with van der Waals surface area (Å²) in [5.41, 5.74) is -1.21. The zero-order valence-electron chi connectivity index (χ0n) is 11.9. The SMILES string of the molecule is C=CC[C@@]1(O)CCN(C(=O)OC(C)(C)C)C[C@@H]1C. The van der Waals surface area contributed by atoms with Crippen LogP contribution in [0, 0.1) is 5.92 Å². The Morgan fingerprint density at radius 2 is 2.22 bits per heavy atom. The van der Waals surface area contributed by atoms with Crippen molar-refractivity contribution in [1.82, 2.24) is 4.90 Å². The molecule has 0 aromatic heterocycles. The van der Waals surface area contributed by atoms with Gasteiger partial charge < -0.3 is 14.7 Å². The fraction of sp³-hybridized carbons (Fsp3) is 0.786. The molecule has 1 fully saturated rings. The Hall–Kier alpha value is -1.03. The van der Waals surface area contributed by atoms with E-state index in [0.717, 1.165) is 0 Å². The van der Waals surface area contributed by atoms with Crippen molar-refractivity contribution < 1.29 is 14.6 Å². The maximum absolute atomic E-state index is 11.9. The fourth-order valence-electron chi connectivity index (χ4n) is 2.21. The second-order valence-corrected chi connectivity index (χ2v) is 6.17. The molecule has 1 amide bonds. The van der Waals surface area contributed by atoms with Gasteiger partial charge in [0.1, 0.15) is 5.60 Å². The van der Waals surface area contributed by atoms with Gasteiger partial charge in [-0.1, -0.05) is 13.0 Å². The van der Waals surface area contributed by atoms with Crippen LogP contribution in [0.25, 0.3) is 0 Å². The average Bonchev–Trinajstić information content (AvgIpc) is 2.20. The summed E-state index contributed by atoms with van der Waals surface area (Å²) >= 11 is 0. The first kappa shape index (κ1) is 15.0. The largest absolute Gasteiger partial charge is 0.444 e. The van der Waals surface area contributed by atoms with Crippen LogP contribution < -0.4 is 0 Å². The molecule has 0 aliphatic carbocycles. The molecule has 0 aromatic rings. The van der Waals surface area contributed by atoms with Gasteiger partial charge >= 0.3 is 6.09 Å². The summed E-state index contributed by atoms with van der Waals surface area (Å²) in [6.45, 7) is 12.2. The van der Waals surface area contributed by atoms with Crippen LogP contribution in [-0.4, -0.2) is 40.4 Å². The van der Waals surface area contributed by atoms with E-state index in [1.807, 2.05) is 27.7 Å². The van der Waals surface area contributed by atoms with E-state index in [2.05, 4.69) is 6.58 Å². The van der Waals surface area contributed by atoms with Crippen molar-refractivity contribution in [3.63, 3.8) is 0 Å². The van der Waals surface area contributed by atoms with E-state index in [4.69, 9.17) is 4.74 Å². The number of carbonyl (C=O) groups excluding carboxylic acids is 1. The number of rotatable bonds is 2. The molecule has 1 N–H and O–H groups in total. The number of hydrogen-bond donors (Lipinski definition) is 1. The molecule has 0 radical (unpaired) electrons. The van der Waals surface area contributed by atoms with Gasteiger partial charge in [0.2, 0.25) is 0 Å². The molecule has 0 unspecified atom stereocenters. The van der Waals surface area contributed by atoms with Crippen molar-refractivity contribution in [2.45, 2.75) is 51.7 Å². The van der Waals surface area contributed by atoms with Gasteiger partial charge in [0.05, 0.1) is 5.60 Å². The molecule has 1 aliphatic heterocycles. The first-order valence-corrected chi connectivity index (χ1v) is 6.49. The van der Waals surface area contributed by atoms with Gasteiger partial charge in [0.15, 0.2) is 0 Å². The third-order valence-corrected chi connectivity index (χ3v) is 3.38. The number of ether oxygens (including phenoxy) is 1. The summed E-state index contributed by atoms with van der Waals surface area (Å²) in [5.74, 6) is 0.0248. The number of aliphatic hydroxyl groups is 1. The van der Waals surface area contributed by atoms with Crippen LogP contribution in [0.5, 0.6) is 0 Å². The molecule has 2 atom stereocenters. The maximum atomic E-state index is 11.9. The zero-order valence-corrected chi connectivity index (χ0v) is 11.9. The lowest BCUT2D eigenvalue weighted by Crippen LogP contribution is -2.53. The van der Waals surface area contributed by atoms with E-state index in [-0.39, 0.29) is 12.0 Å². The van der Waals surface area contributed by atoms with Crippen molar-refractivity contribution in [3.8, 4) is 0 Å². The fourth-order valence-corrected chi connectivity index (χ4v) is 2.21. The Morgan fingerprint density at radius 1 is 1.61 bits per heavy atom. The second kappa shape index (κ2) is 5.31. The highest BCUT2D eigenvalue weighted by molar-refractivity contribution is 5.68. The zero-order chi connectivity index (χ0) is 14.0. The van der Waals surface area contributed by atoms with E-state index in [9.17, 15) is 9.90 Å². The molecule has 4 heteroatoms. The first-order chi connectivity index (χ1) is 8.18. The lowest BCUT2D eigenvalue weighted by Gasteiger charge is -2.43. The molecule has 104 valence electrons. The summed E-state index contributed by atoms with van der Waals surface area (Å²) in [6, 6.07) is 0. The second-order valence-electron chi connectivity index (χ2n) is 6.17.